The van der Waals surface area contributed by atoms with Gasteiger partial charge in [-0.15, -0.1) is 0 Å². The second-order valence-corrected chi connectivity index (χ2v) is 9.98. The minimum absolute atomic E-state index is 0.0303. The van der Waals surface area contributed by atoms with Gasteiger partial charge in [-0.3, -0.25) is 14.5 Å². The van der Waals surface area contributed by atoms with Gasteiger partial charge in [-0.2, -0.15) is 4.31 Å². The molecule has 9 nitrogen and oxygen atoms in total. The standard InChI is InChI=1S/C17H20N4O5S2/c1-27(23,24)21-12-10-20(11-13-21)17(22)14-2-4-16(5-3-14)28(25,26)19-15-6-8-18-9-7-15/h2-9H,10-13H2,1H3,(H,18,19). The molecule has 0 saturated carbocycles. The van der Waals surface area contributed by atoms with E-state index in [4.69, 9.17) is 0 Å². The molecule has 0 bridgehead atoms. The van der Waals surface area contributed by atoms with Crippen molar-refractivity contribution in [2.75, 3.05) is 37.2 Å². The van der Waals surface area contributed by atoms with Crippen molar-refractivity contribution in [3.05, 3.63) is 54.4 Å². The van der Waals surface area contributed by atoms with Crippen molar-refractivity contribution in [2.45, 2.75) is 4.90 Å². The molecule has 2 aromatic rings. The molecule has 11 heteroatoms. The number of hydrogen-bond acceptors (Lipinski definition) is 6. The van der Waals surface area contributed by atoms with Crippen LogP contribution in [-0.2, 0) is 20.0 Å². The summed E-state index contributed by atoms with van der Waals surface area (Å²) in [5.74, 6) is -0.265. The lowest BCUT2D eigenvalue weighted by atomic mass is 10.2. The van der Waals surface area contributed by atoms with Gasteiger partial charge in [0.15, 0.2) is 0 Å². The van der Waals surface area contributed by atoms with Gasteiger partial charge in [-0.05, 0) is 36.4 Å². The van der Waals surface area contributed by atoms with Crippen molar-refractivity contribution in [3.8, 4) is 0 Å². The summed E-state index contributed by atoms with van der Waals surface area (Å²) in [6.45, 7) is 1.06. The number of nitrogens with zero attached hydrogens (tertiary/aromatic N) is 3. The molecule has 0 unspecified atom stereocenters. The first kappa shape index (κ1) is 20.2. The highest BCUT2D eigenvalue weighted by Gasteiger charge is 2.26. The largest absolute Gasteiger partial charge is 0.336 e. The molecule has 1 N–H and O–H groups in total. The highest BCUT2D eigenvalue weighted by molar-refractivity contribution is 7.92. The van der Waals surface area contributed by atoms with Gasteiger partial charge in [0, 0.05) is 44.1 Å². The molecule has 0 spiro atoms. The Hall–Kier alpha value is -2.50. The number of pyridine rings is 1. The average Bonchev–Trinajstić information content (AvgIpc) is 2.67. The van der Waals surface area contributed by atoms with Crippen LogP contribution in [0.3, 0.4) is 0 Å². The number of carbonyl (C=O) groups excluding carboxylic acids is 1. The van der Waals surface area contributed by atoms with Crippen LogP contribution in [-0.4, -0.2) is 69.4 Å². The topological polar surface area (TPSA) is 117 Å². The van der Waals surface area contributed by atoms with Crippen LogP contribution in [0.2, 0.25) is 0 Å². The number of sulfonamides is 2. The monoisotopic (exact) mass is 424 g/mol. The smallest absolute Gasteiger partial charge is 0.261 e. The molecule has 0 atom stereocenters. The van der Waals surface area contributed by atoms with Crippen LogP contribution >= 0.6 is 0 Å². The number of aromatic nitrogens is 1. The van der Waals surface area contributed by atoms with Crippen LogP contribution in [0.5, 0.6) is 0 Å². The lowest BCUT2D eigenvalue weighted by Crippen LogP contribution is -2.50. The third-order valence-corrected chi connectivity index (χ3v) is 7.04. The van der Waals surface area contributed by atoms with Crippen molar-refractivity contribution < 1.29 is 21.6 Å². The minimum atomic E-state index is -3.78. The summed E-state index contributed by atoms with van der Waals surface area (Å²) in [5.41, 5.74) is 0.731. The number of benzene rings is 1. The van der Waals surface area contributed by atoms with Gasteiger partial charge >= 0.3 is 0 Å². The molecule has 1 aliphatic heterocycles. The number of anilines is 1. The Morgan fingerprint density at radius 3 is 2.04 bits per heavy atom. The summed E-state index contributed by atoms with van der Waals surface area (Å²) >= 11 is 0. The fraction of sp³-hybridized carbons (Fsp3) is 0.294. The molecule has 150 valence electrons. The zero-order valence-corrected chi connectivity index (χ0v) is 16.8. The van der Waals surface area contributed by atoms with Gasteiger partial charge in [0.25, 0.3) is 15.9 Å². The van der Waals surface area contributed by atoms with Gasteiger partial charge in [-0.25, -0.2) is 16.8 Å². The van der Waals surface area contributed by atoms with Gasteiger partial charge in [0.05, 0.1) is 16.8 Å². The molecular formula is C17H20N4O5S2. The second-order valence-electron chi connectivity index (χ2n) is 6.32. The summed E-state index contributed by atoms with van der Waals surface area (Å²) in [4.78, 5) is 18.0. The first-order valence-electron chi connectivity index (χ1n) is 8.44. The first-order valence-corrected chi connectivity index (χ1v) is 11.8. The molecule has 0 aliphatic carbocycles. The number of hydrogen-bond donors (Lipinski definition) is 1. The summed E-state index contributed by atoms with van der Waals surface area (Å²) in [6.07, 6.45) is 4.09. The molecule has 3 rings (SSSR count). The molecule has 1 aromatic heterocycles. The SMILES string of the molecule is CS(=O)(=O)N1CCN(C(=O)c2ccc(S(=O)(=O)Nc3ccncc3)cc2)CC1. The zero-order chi connectivity index (χ0) is 20.4. The Bertz CT molecular complexity index is 1050. The molecule has 2 heterocycles. The Kier molecular flexibility index (Phi) is 5.68. The number of carbonyl (C=O) groups is 1. The molecule has 28 heavy (non-hydrogen) atoms. The van der Waals surface area contributed by atoms with E-state index < -0.39 is 20.0 Å². The van der Waals surface area contributed by atoms with Crippen LogP contribution in [0, 0.1) is 0 Å². The van der Waals surface area contributed by atoms with E-state index in [2.05, 4.69) is 9.71 Å². The fourth-order valence-electron chi connectivity index (χ4n) is 2.82. The summed E-state index contributed by atoms with van der Waals surface area (Å²) in [7, 11) is -7.05. The van der Waals surface area contributed by atoms with Crippen LogP contribution in [0.1, 0.15) is 10.4 Å². The first-order chi connectivity index (χ1) is 13.2. The predicted molar refractivity (Wildman–Crippen MR) is 104 cm³/mol. The number of amides is 1. The normalized spacial score (nSPS) is 16.0. The Labute approximate surface area is 164 Å². The summed E-state index contributed by atoms with van der Waals surface area (Å²) in [5, 5.41) is 0. The van der Waals surface area contributed by atoms with Crippen molar-refractivity contribution >= 4 is 31.6 Å². The zero-order valence-electron chi connectivity index (χ0n) is 15.1. The number of rotatable bonds is 5. The van der Waals surface area contributed by atoms with Gasteiger partial charge in [0.2, 0.25) is 10.0 Å². The molecule has 1 amide bonds. The van der Waals surface area contributed by atoms with Crippen molar-refractivity contribution in [2.24, 2.45) is 0 Å². The summed E-state index contributed by atoms with van der Waals surface area (Å²) in [6, 6.07) is 8.70. The van der Waals surface area contributed by atoms with Crippen LogP contribution in [0.25, 0.3) is 0 Å². The fourth-order valence-corrected chi connectivity index (χ4v) is 4.70. The average molecular weight is 425 g/mol. The lowest BCUT2D eigenvalue weighted by molar-refractivity contribution is 0.0698. The van der Waals surface area contributed by atoms with Gasteiger partial charge in [0.1, 0.15) is 0 Å². The predicted octanol–water partition coefficient (Wildman–Crippen LogP) is 0.600. The molecular weight excluding hydrogens is 404 g/mol. The highest BCUT2D eigenvalue weighted by Crippen LogP contribution is 2.17. The molecule has 1 saturated heterocycles. The lowest BCUT2D eigenvalue weighted by Gasteiger charge is -2.33. The maximum absolute atomic E-state index is 12.6. The maximum Gasteiger partial charge on any atom is 0.261 e. The Morgan fingerprint density at radius 2 is 1.50 bits per heavy atom. The van der Waals surface area contributed by atoms with Crippen LogP contribution < -0.4 is 4.72 Å². The summed E-state index contributed by atoms with van der Waals surface area (Å²) < 4.78 is 51.7. The molecule has 0 radical (unpaired) electrons. The van der Waals surface area contributed by atoms with E-state index in [9.17, 15) is 21.6 Å². The maximum atomic E-state index is 12.6. The number of nitrogens with one attached hydrogen (secondary N) is 1. The van der Waals surface area contributed by atoms with Crippen LogP contribution in [0.4, 0.5) is 5.69 Å². The minimum Gasteiger partial charge on any atom is -0.336 e. The van der Waals surface area contributed by atoms with Crippen LogP contribution in [0.15, 0.2) is 53.7 Å². The van der Waals surface area contributed by atoms with E-state index in [1.165, 1.54) is 53.1 Å². The Morgan fingerprint density at radius 1 is 0.929 bits per heavy atom. The molecule has 1 fully saturated rings. The molecule has 1 aliphatic rings. The number of piperazine rings is 1. The van der Waals surface area contributed by atoms with Crippen molar-refractivity contribution in [3.63, 3.8) is 0 Å². The third-order valence-electron chi connectivity index (χ3n) is 4.34. The van der Waals surface area contributed by atoms with Gasteiger partial charge in [-0.1, -0.05) is 0 Å². The van der Waals surface area contributed by atoms with E-state index in [-0.39, 0.29) is 37.0 Å². The Balaban J connectivity index is 1.68. The third kappa shape index (κ3) is 4.66. The van der Waals surface area contributed by atoms with E-state index >= 15 is 0 Å². The highest BCUT2D eigenvalue weighted by atomic mass is 32.2. The van der Waals surface area contributed by atoms with Crippen molar-refractivity contribution in [1.82, 2.24) is 14.2 Å². The molecule has 1 aromatic carbocycles. The van der Waals surface area contributed by atoms with E-state index in [0.29, 0.717) is 11.3 Å². The quantitative estimate of drug-likeness (QED) is 0.751. The van der Waals surface area contributed by atoms with Gasteiger partial charge < -0.3 is 4.90 Å². The van der Waals surface area contributed by atoms with Crippen molar-refractivity contribution in [1.29, 1.82) is 0 Å². The van der Waals surface area contributed by atoms with E-state index in [1.807, 2.05) is 0 Å². The second kappa shape index (κ2) is 7.86. The van der Waals surface area contributed by atoms with E-state index in [1.54, 1.807) is 4.90 Å². The van der Waals surface area contributed by atoms with E-state index in [0.717, 1.165) is 6.26 Å².